The van der Waals surface area contributed by atoms with Gasteiger partial charge in [0, 0.05) is 59.8 Å². The summed E-state index contributed by atoms with van der Waals surface area (Å²) in [4.78, 5) is 78.5. The predicted octanol–water partition coefficient (Wildman–Crippen LogP) is 4.83. The third-order valence-electron chi connectivity index (χ3n) is 11.4. The Morgan fingerprint density at radius 2 is 1.60 bits per heavy atom. The Morgan fingerprint density at radius 1 is 0.883 bits per heavy atom. The van der Waals surface area contributed by atoms with E-state index in [9.17, 15) is 37.2 Å². The molecule has 1 unspecified atom stereocenters. The van der Waals surface area contributed by atoms with E-state index in [0.717, 1.165) is 59.3 Å². The number of nitrogens with one attached hydrogen (secondary N) is 5. The first-order valence-electron chi connectivity index (χ1n) is 20.5. The molecule has 316 valence electrons. The van der Waals surface area contributed by atoms with Gasteiger partial charge in [-0.05, 0) is 74.9 Å². The molecule has 17 heteroatoms. The molecule has 5 heterocycles. The molecule has 3 aliphatic heterocycles. The minimum absolute atomic E-state index is 0.0654. The molecule has 0 saturated carbocycles. The number of anilines is 1. The summed E-state index contributed by atoms with van der Waals surface area (Å²) in [5.74, 6) is -1.97. The van der Waals surface area contributed by atoms with Gasteiger partial charge in [-0.3, -0.25) is 44.4 Å². The molecule has 2 aromatic heterocycles. The average Bonchev–Trinajstić information content (AvgIpc) is 3.79. The van der Waals surface area contributed by atoms with Crippen molar-refractivity contribution in [2.24, 2.45) is 0 Å². The Hall–Kier alpha value is -5.68. The summed E-state index contributed by atoms with van der Waals surface area (Å²) < 4.78 is 26.1. The first kappa shape index (κ1) is 42.4. The first-order valence-corrected chi connectivity index (χ1v) is 23.2. The Labute approximate surface area is 351 Å². The molecule has 4 aromatic rings. The van der Waals surface area contributed by atoms with E-state index in [-0.39, 0.29) is 58.8 Å². The second-order valence-electron chi connectivity index (χ2n) is 15.5. The van der Waals surface area contributed by atoms with Crippen molar-refractivity contribution >= 4 is 72.3 Å². The lowest BCUT2D eigenvalue weighted by molar-refractivity contribution is -0.136. The van der Waals surface area contributed by atoms with Gasteiger partial charge in [0.05, 0.1) is 32.9 Å². The number of hydrogen-bond acceptors (Lipinski definition) is 11. The molecule has 60 heavy (non-hydrogen) atoms. The lowest BCUT2D eigenvalue weighted by atomic mass is 10.0. The number of sulfone groups is 1. The lowest BCUT2D eigenvalue weighted by Crippen LogP contribution is -2.54. The minimum atomic E-state index is -3.03. The number of imide groups is 2. The Balaban J connectivity index is 0.862. The van der Waals surface area contributed by atoms with Crippen LogP contribution in [-0.4, -0.2) is 89.9 Å². The molecule has 2 aromatic carbocycles. The van der Waals surface area contributed by atoms with Crippen molar-refractivity contribution in [1.82, 2.24) is 25.4 Å². The number of amides is 5. The van der Waals surface area contributed by atoms with Crippen molar-refractivity contribution in [2.75, 3.05) is 29.9 Å². The Kier molecular flexibility index (Phi) is 12.9. The van der Waals surface area contributed by atoms with Crippen LogP contribution in [0.15, 0.2) is 59.5 Å². The highest BCUT2D eigenvalue weighted by atomic mass is 32.2. The summed E-state index contributed by atoms with van der Waals surface area (Å²) in [6.07, 6.45) is 8.37. The zero-order valence-corrected chi connectivity index (χ0v) is 35.1. The molecule has 2 fully saturated rings. The van der Waals surface area contributed by atoms with Gasteiger partial charge in [0.25, 0.3) is 23.3 Å². The van der Waals surface area contributed by atoms with Gasteiger partial charge in [-0.1, -0.05) is 43.9 Å². The Morgan fingerprint density at radius 3 is 2.33 bits per heavy atom. The molecule has 0 bridgehead atoms. The highest BCUT2D eigenvalue weighted by molar-refractivity contribution is 7.91. The number of carbonyl (C=O) groups excluding carboxylic acids is 5. The maximum Gasteiger partial charge on any atom is 0.264 e. The van der Waals surface area contributed by atoms with Crippen molar-refractivity contribution < 1.29 is 32.4 Å². The van der Waals surface area contributed by atoms with Crippen LogP contribution in [0.2, 0.25) is 0 Å². The molecule has 0 aliphatic carbocycles. The smallest absolute Gasteiger partial charge is 0.264 e. The number of rotatable bonds is 16. The van der Waals surface area contributed by atoms with Crippen molar-refractivity contribution in [1.29, 1.82) is 5.41 Å². The van der Waals surface area contributed by atoms with Crippen LogP contribution in [0.25, 0.3) is 21.2 Å². The topological polar surface area (TPSA) is 217 Å². The maximum absolute atomic E-state index is 13.4. The normalized spacial score (nSPS) is 17.8. The number of pyridine rings is 1. The number of amidine groups is 1. The lowest BCUT2D eigenvalue weighted by Gasteiger charge is -2.27. The molecule has 0 radical (unpaired) electrons. The number of nitrogens with zero attached hydrogens (tertiary/aromatic N) is 2. The standard InChI is InChI=1S/C43H49N7O8S2/c1-2-49-25-31(37-30(41(49)54)24-34(59-37)38(44)47-28-17-21-60(57,58)22-18-28)26-11-9-12-27(23-26)39(52)46-20-8-6-4-3-5-7-19-45-32-14-10-13-29-36(32)43(56)50(42(29)55)33-15-16-35(51)48-40(33)53/h9-14,23-25,28,33,45H,2-8,15-22H2,1H3,(H2,44,47)(H,46,52)(H,48,51,53). The molecule has 7 rings (SSSR count). The van der Waals surface area contributed by atoms with E-state index >= 15 is 0 Å². The van der Waals surface area contributed by atoms with Crippen LogP contribution in [0, 0.1) is 5.41 Å². The third kappa shape index (κ3) is 9.21. The van der Waals surface area contributed by atoms with E-state index in [2.05, 4.69) is 21.3 Å². The van der Waals surface area contributed by atoms with Crippen LogP contribution in [0.3, 0.4) is 0 Å². The largest absolute Gasteiger partial charge is 0.384 e. The monoisotopic (exact) mass is 855 g/mol. The molecule has 15 nitrogen and oxygen atoms in total. The van der Waals surface area contributed by atoms with Gasteiger partial charge in [0.15, 0.2) is 0 Å². The molecule has 5 amide bonds. The van der Waals surface area contributed by atoms with Crippen LogP contribution in [-0.2, 0) is 26.0 Å². The predicted molar refractivity (Wildman–Crippen MR) is 230 cm³/mol. The molecule has 5 N–H and O–H groups in total. The number of benzene rings is 2. The fourth-order valence-electron chi connectivity index (χ4n) is 8.03. The zero-order chi connectivity index (χ0) is 42.6. The fourth-order valence-corrected chi connectivity index (χ4v) is 10.6. The zero-order valence-electron chi connectivity index (χ0n) is 33.4. The van der Waals surface area contributed by atoms with Crippen LogP contribution < -0.4 is 26.8 Å². The number of thiophene rings is 1. The van der Waals surface area contributed by atoms with Crippen LogP contribution in [0.1, 0.15) is 107 Å². The van der Waals surface area contributed by atoms with E-state index in [1.54, 1.807) is 41.1 Å². The van der Waals surface area contributed by atoms with E-state index in [0.29, 0.717) is 54.0 Å². The van der Waals surface area contributed by atoms with Gasteiger partial charge in [0.2, 0.25) is 11.8 Å². The van der Waals surface area contributed by atoms with Crippen molar-refractivity contribution in [3.05, 3.63) is 86.6 Å². The van der Waals surface area contributed by atoms with Gasteiger partial charge >= 0.3 is 0 Å². The van der Waals surface area contributed by atoms with Gasteiger partial charge < -0.3 is 20.5 Å². The van der Waals surface area contributed by atoms with E-state index in [1.165, 1.54) is 11.3 Å². The number of hydrogen-bond donors (Lipinski definition) is 5. The van der Waals surface area contributed by atoms with Crippen molar-refractivity contribution in [3.8, 4) is 11.1 Å². The summed E-state index contributed by atoms with van der Waals surface area (Å²) >= 11 is 1.33. The highest BCUT2D eigenvalue weighted by Gasteiger charge is 2.45. The number of unbranched alkanes of at least 4 members (excludes halogenated alkanes) is 5. The summed E-state index contributed by atoms with van der Waals surface area (Å²) in [5.41, 5.74) is 2.95. The van der Waals surface area contributed by atoms with E-state index < -0.39 is 39.5 Å². The quantitative estimate of drug-likeness (QED) is 0.0448. The first-order chi connectivity index (χ1) is 28.8. The summed E-state index contributed by atoms with van der Waals surface area (Å²) in [6, 6.07) is 12.9. The Bertz CT molecular complexity index is 2530. The average molecular weight is 856 g/mol. The van der Waals surface area contributed by atoms with Gasteiger partial charge in [-0.2, -0.15) is 0 Å². The van der Waals surface area contributed by atoms with Crippen LogP contribution in [0.4, 0.5) is 5.69 Å². The summed E-state index contributed by atoms with van der Waals surface area (Å²) in [6.45, 7) is 3.46. The fraction of sp³-hybridized carbons (Fsp3) is 0.419. The number of piperidine rings is 1. The molecule has 1 atom stereocenters. The van der Waals surface area contributed by atoms with E-state index in [1.807, 2.05) is 25.1 Å². The molecule has 2 saturated heterocycles. The summed E-state index contributed by atoms with van der Waals surface area (Å²) in [5, 5.41) is 20.9. The highest BCUT2D eigenvalue weighted by Crippen LogP contribution is 2.35. The molecular weight excluding hydrogens is 807 g/mol. The molecule has 0 spiro atoms. The minimum Gasteiger partial charge on any atom is -0.384 e. The third-order valence-corrected chi connectivity index (χ3v) is 14.3. The maximum atomic E-state index is 13.4. The van der Waals surface area contributed by atoms with Crippen LogP contribution >= 0.6 is 11.3 Å². The number of aryl methyl sites for hydroxylation is 1. The van der Waals surface area contributed by atoms with Gasteiger partial charge in [0.1, 0.15) is 21.7 Å². The van der Waals surface area contributed by atoms with Crippen molar-refractivity contribution in [3.63, 3.8) is 0 Å². The second-order valence-corrected chi connectivity index (χ2v) is 18.8. The summed E-state index contributed by atoms with van der Waals surface area (Å²) in [7, 11) is -3.03. The van der Waals surface area contributed by atoms with E-state index in [4.69, 9.17) is 5.41 Å². The van der Waals surface area contributed by atoms with Gasteiger partial charge in [-0.25, -0.2) is 8.42 Å². The SMILES string of the molecule is CCn1cc(-c2cccc(C(=O)NCCCCCCCCNc3cccc4c3C(=O)N(C3CCC(=O)NC3=O)C4=O)c2)c2sc(C(=N)NC3CCS(=O)(=O)CC3)cc2c1=O. The number of fused-ring (bicyclic) bond motifs is 2. The van der Waals surface area contributed by atoms with Crippen LogP contribution in [0.5, 0.6) is 0 Å². The second kappa shape index (κ2) is 18.3. The van der Waals surface area contributed by atoms with Gasteiger partial charge in [-0.15, -0.1) is 11.3 Å². The van der Waals surface area contributed by atoms with Crippen molar-refractivity contribution in [2.45, 2.75) is 89.8 Å². The number of carbonyl (C=O) groups is 5. The molecular formula is C43H49N7O8S2. The number of aromatic nitrogens is 1. The molecule has 3 aliphatic rings.